The number of ether oxygens (including phenoxy) is 1. The molecule has 2 nitrogen and oxygen atoms in total. The molecule has 128 valence electrons. The van der Waals surface area contributed by atoms with Crippen molar-refractivity contribution in [1.29, 1.82) is 0 Å². The second-order valence-corrected chi connectivity index (χ2v) is 6.73. The molecule has 0 saturated carbocycles. The van der Waals surface area contributed by atoms with Gasteiger partial charge in [-0.25, -0.2) is 0 Å². The van der Waals surface area contributed by atoms with E-state index in [1.807, 2.05) is 0 Å². The summed E-state index contributed by atoms with van der Waals surface area (Å²) >= 11 is 0. The van der Waals surface area contributed by atoms with Crippen molar-refractivity contribution in [2.75, 3.05) is 0 Å². The summed E-state index contributed by atoms with van der Waals surface area (Å²) in [5.74, 6) is 2.19. The van der Waals surface area contributed by atoms with E-state index in [-0.39, 0.29) is 5.97 Å². The van der Waals surface area contributed by atoms with Crippen LogP contribution >= 0.6 is 0 Å². The number of carbonyl (C=O) groups excluding carboxylic acids is 1. The van der Waals surface area contributed by atoms with Crippen molar-refractivity contribution in [3.63, 3.8) is 0 Å². The number of hydrogen-bond donors (Lipinski definition) is 0. The van der Waals surface area contributed by atoms with Gasteiger partial charge in [0.15, 0.2) is 6.10 Å². The minimum atomic E-state index is -0.461. The fourth-order valence-electron chi connectivity index (χ4n) is 3.73. The summed E-state index contributed by atoms with van der Waals surface area (Å²) in [5.41, 5.74) is 1.27. The molecule has 0 aliphatic heterocycles. The van der Waals surface area contributed by atoms with Crippen molar-refractivity contribution < 1.29 is 9.53 Å². The predicted molar refractivity (Wildman–Crippen MR) is 107 cm³/mol. The fourth-order valence-corrected chi connectivity index (χ4v) is 3.73. The third-order valence-electron chi connectivity index (χ3n) is 4.99. The van der Waals surface area contributed by atoms with E-state index in [0.29, 0.717) is 6.42 Å². The zero-order chi connectivity index (χ0) is 18.1. The van der Waals surface area contributed by atoms with E-state index in [4.69, 9.17) is 11.2 Å². The first-order chi connectivity index (χ1) is 12.7. The Balaban J connectivity index is 1.64. The molecule has 0 aromatic heterocycles. The summed E-state index contributed by atoms with van der Waals surface area (Å²) in [6, 6.07) is 19.6. The minimum absolute atomic E-state index is 0.229. The maximum atomic E-state index is 11.8. The SMILES string of the molecule is C#C[C@H](C)OC(=O)CCCc1ccc2ccc3cccc4ccc1c2c34. The Kier molecular flexibility index (Phi) is 4.22. The van der Waals surface area contributed by atoms with Crippen LogP contribution in [0.3, 0.4) is 0 Å². The lowest BCUT2D eigenvalue weighted by Crippen LogP contribution is -2.12. The molecule has 0 aliphatic rings. The van der Waals surface area contributed by atoms with Crippen LogP contribution in [-0.4, -0.2) is 12.1 Å². The van der Waals surface area contributed by atoms with Gasteiger partial charge in [-0.15, -0.1) is 6.42 Å². The van der Waals surface area contributed by atoms with Gasteiger partial charge >= 0.3 is 5.97 Å². The van der Waals surface area contributed by atoms with Crippen LogP contribution in [0.15, 0.2) is 54.6 Å². The molecule has 2 heteroatoms. The first-order valence-electron chi connectivity index (χ1n) is 8.98. The molecule has 0 spiro atoms. The van der Waals surface area contributed by atoms with Gasteiger partial charge < -0.3 is 4.74 Å². The Labute approximate surface area is 153 Å². The van der Waals surface area contributed by atoms with Crippen LogP contribution < -0.4 is 0 Å². The molecule has 4 aromatic rings. The van der Waals surface area contributed by atoms with E-state index in [1.165, 1.54) is 37.9 Å². The number of aryl methyl sites for hydroxylation is 1. The quantitative estimate of drug-likeness (QED) is 0.273. The monoisotopic (exact) mass is 340 g/mol. The van der Waals surface area contributed by atoms with Crippen molar-refractivity contribution >= 4 is 38.3 Å². The van der Waals surface area contributed by atoms with Crippen LogP contribution in [0, 0.1) is 12.3 Å². The molecule has 26 heavy (non-hydrogen) atoms. The molecular weight excluding hydrogens is 320 g/mol. The van der Waals surface area contributed by atoms with E-state index in [0.717, 1.165) is 12.8 Å². The molecule has 1 atom stereocenters. The summed E-state index contributed by atoms with van der Waals surface area (Å²) in [7, 11) is 0. The summed E-state index contributed by atoms with van der Waals surface area (Å²) < 4.78 is 5.14. The predicted octanol–water partition coefficient (Wildman–Crippen LogP) is 5.47. The number of terminal acetylenes is 1. The molecule has 0 unspecified atom stereocenters. The highest BCUT2D eigenvalue weighted by Gasteiger charge is 2.12. The molecule has 0 aliphatic carbocycles. The van der Waals surface area contributed by atoms with Crippen molar-refractivity contribution in [3.8, 4) is 12.3 Å². The van der Waals surface area contributed by atoms with E-state index < -0.39 is 6.10 Å². The van der Waals surface area contributed by atoms with Crippen molar-refractivity contribution in [3.05, 3.63) is 60.2 Å². The fraction of sp³-hybridized carbons (Fsp3) is 0.208. The molecule has 4 rings (SSSR count). The zero-order valence-corrected chi connectivity index (χ0v) is 14.8. The number of rotatable bonds is 5. The largest absolute Gasteiger partial charge is 0.449 e. The smallest absolute Gasteiger partial charge is 0.307 e. The van der Waals surface area contributed by atoms with Crippen molar-refractivity contribution in [2.24, 2.45) is 0 Å². The van der Waals surface area contributed by atoms with Crippen LogP contribution in [0.25, 0.3) is 32.3 Å². The Hall–Kier alpha value is -3.05. The third-order valence-corrected chi connectivity index (χ3v) is 4.99. The van der Waals surface area contributed by atoms with Gasteiger partial charge in [0, 0.05) is 6.42 Å². The van der Waals surface area contributed by atoms with Gasteiger partial charge in [-0.1, -0.05) is 60.5 Å². The Morgan fingerprint density at radius 1 is 1.00 bits per heavy atom. The van der Waals surface area contributed by atoms with Gasteiger partial charge in [0.05, 0.1) is 0 Å². The van der Waals surface area contributed by atoms with E-state index in [2.05, 4.69) is 60.5 Å². The Morgan fingerprint density at radius 2 is 1.65 bits per heavy atom. The topological polar surface area (TPSA) is 26.3 Å². The second kappa shape index (κ2) is 6.69. The molecule has 0 bridgehead atoms. The van der Waals surface area contributed by atoms with Crippen LogP contribution in [0.5, 0.6) is 0 Å². The first kappa shape index (κ1) is 16.4. The van der Waals surface area contributed by atoms with Gasteiger partial charge in [0.25, 0.3) is 0 Å². The highest BCUT2D eigenvalue weighted by Crippen LogP contribution is 2.36. The maximum absolute atomic E-state index is 11.8. The summed E-state index contributed by atoms with van der Waals surface area (Å²) in [4.78, 5) is 11.8. The molecule has 4 aromatic carbocycles. The van der Waals surface area contributed by atoms with Gasteiger partial charge in [0.2, 0.25) is 0 Å². The third kappa shape index (κ3) is 2.86. The highest BCUT2D eigenvalue weighted by molar-refractivity contribution is 6.23. The van der Waals surface area contributed by atoms with Gasteiger partial charge in [-0.3, -0.25) is 4.79 Å². The Morgan fingerprint density at radius 3 is 2.38 bits per heavy atom. The van der Waals surface area contributed by atoms with E-state index in [1.54, 1.807) is 6.92 Å². The number of carbonyl (C=O) groups is 1. The van der Waals surface area contributed by atoms with Crippen LogP contribution in [0.1, 0.15) is 25.3 Å². The lowest BCUT2D eigenvalue weighted by Gasteiger charge is -2.14. The molecule has 0 heterocycles. The minimum Gasteiger partial charge on any atom is -0.449 e. The van der Waals surface area contributed by atoms with Crippen LogP contribution in [0.2, 0.25) is 0 Å². The van der Waals surface area contributed by atoms with Crippen molar-refractivity contribution in [2.45, 2.75) is 32.3 Å². The number of benzene rings is 4. The molecule has 0 radical (unpaired) electrons. The maximum Gasteiger partial charge on any atom is 0.307 e. The van der Waals surface area contributed by atoms with Crippen molar-refractivity contribution in [1.82, 2.24) is 0 Å². The summed E-state index contributed by atoms with van der Waals surface area (Å²) in [5, 5.41) is 7.72. The lowest BCUT2D eigenvalue weighted by atomic mass is 9.90. The molecular formula is C24H20O2. The molecule has 0 amide bonds. The van der Waals surface area contributed by atoms with E-state index in [9.17, 15) is 4.79 Å². The lowest BCUT2D eigenvalue weighted by molar-refractivity contribution is -0.145. The average molecular weight is 340 g/mol. The zero-order valence-electron chi connectivity index (χ0n) is 14.8. The van der Waals surface area contributed by atoms with Gasteiger partial charge in [-0.2, -0.15) is 0 Å². The highest BCUT2D eigenvalue weighted by atomic mass is 16.5. The van der Waals surface area contributed by atoms with Crippen LogP contribution in [0.4, 0.5) is 0 Å². The number of esters is 1. The van der Waals surface area contributed by atoms with Gasteiger partial charge in [-0.05, 0) is 57.6 Å². The molecule has 0 N–H and O–H groups in total. The summed E-state index contributed by atoms with van der Waals surface area (Å²) in [6.45, 7) is 1.71. The van der Waals surface area contributed by atoms with Gasteiger partial charge in [0.1, 0.15) is 0 Å². The van der Waals surface area contributed by atoms with Crippen LogP contribution in [-0.2, 0) is 16.0 Å². The normalized spacial score (nSPS) is 12.5. The standard InChI is InChI=1S/C24H20O2/c1-3-16(2)26-22(25)9-5-6-17-10-11-20-13-12-18-7-4-8-19-14-15-21(17)24(20)23(18)19/h1,4,7-8,10-16H,5-6,9H2,2H3/t16-/m0/s1. The average Bonchev–Trinajstić information content (AvgIpc) is 2.67. The second-order valence-electron chi connectivity index (χ2n) is 6.73. The Bertz CT molecular complexity index is 1120. The summed E-state index contributed by atoms with van der Waals surface area (Å²) in [6.07, 6.45) is 6.76. The molecule has 0 saturated heterocycles. The molecule has 0 fully saturated rings. The first-order valence-corrected chi connectivity index (χ1v) is 8.98. The van der Waals surface area contributed by atoms with E-state index >= 15 is 0 Å². The number of hydrogen-bond acceptors (Lipinski definition) is 2.